The summed E-state index contributed by atoms with van der Waals surface area (Å²) < 4.78 is 34.0. The van der Waals surface area contributed by atoms with Gasteiger partial charge in [-0.25, -0.2) is 8.42 Å². The summed E-state index contributed by atoms with van der Waals surface area (Å²) in [6.45, 7) is 12.8. The Balaban J connectivity index is 1.79. The molecule has 2 aromatic rings. The maximum atomic E-state index is 13.5. The molecule has 6 heteroatoms. The molecule has 1 aliphatic rings. The van der Waals surface area contributed by atoms with Gasteiger partial charge in [0.1, 0.15) is 0 Å². The molecule has 0 unspecified atom stereocenters. The zero-order valence-corrected chi connectivity index (χ0v) is 19.9. The number of nitrogens with zero attached hydrogens (tertiary/aromatic N) is 2. The van der Waals surface area contributed by atoms with Crippen LogP contribution in [0.15, 0.2) is 53.4 Å². The van der Waals surface area contributed by atoms with Crippen molar-refractivity contribution in [3.05, 3.63) is 65.2 Å². The first-order chi connectivity index (χ1) is 14.8. The van der Waals surface area contributed by atoms with E-state index < -0.39 is 10.0 Å². The second-order valence-corrected chi connectivity index (χ2v) is 10.5. The lowest BCUT2D eigenvalue weighted by atomic mass is 10.1. The minimum atomic E-state index is -3.65. The van der Waals surface area contributed by atoms with Crippen molar-refractivity contribution in [2.45, 2.75) is 32.6 Å². The highest BCUT2D eigenvalue weighted by Gasteiger charge is 2.26. The molecular weight excluding hydrogens is 408 g/mol. The molecule has 1 aliphatic heterocycles. The van der Waals surface area contributed by atoms with E-state index in [0.29, 0.717) is 11.4 Å². The van der Waals surface area contributed by atoms with Crippen LogP contribution in [0.25, 0.3) is 6.08 Å². The van der Waals surface area contributed by atoms with Crippen LogP contribution in [0.5, 0.6) is 0 Å². The molecule has 2 aromatic carbocycles. The third-order valence-electron chi connectivity index (χ3n) is 5.40. The first-order valence-electron chi connectivity index (χ1n) is 10.9. The summed E-state index contributed by atoms with van der Waals surface area (Å²) in [6, 6.07) is 13.1. The van der Waals surface area contributed by atoms with Crippen molar-refractivity contribution < 1.29 is 13.2 Å². The molecule has 5 nitrogen and oxygen atoms in total. The van der Waals surface area contributed by atoms with Gasteiger partial charge >= 0.3 is 0 Å². The Morgan fingerprint density at radius 2 is 1.74 bits per heavy atom. The fourth-order valence-corrected chi connectivity index (χ4v) is 5.44. The van der Waals surface area contributed by atoms with E-state index in [1.165, 1.54) is 0 Å². The van der Waals surface area contributed by atoms with E-state index >= 15 is 0 Å². The normalized spacial score (nSPS) is 15.6. The van der Waals surface area contributed by atoms with Crippen LogP contribution in [-0.2, 0) is 14.8 Å². The van der Waals surface area contributed by atoms with E-state index in [-0.39, 0.29) is 5.92 Å². The third kappa shape index (κ3) is 6.19. The average molecular weight is 443 g/mol. The first-order valence-corrected chi connectivity index (χ1v) is 12.4. The second kappa shape index (κ2) is 10.4. The lowest BCUT2D eigenvalue weighted by Gasteiger charge is -2.28. The lowest BCUT2D eigenvalue weighted by Crippen LogP contribution is -2.36. The van der Waals surface area contributed by atoms with Crippen LogP contribution in [0.1, 0.15) is 30.5 Å². The molecule has 168 valence electrons. The fraction of sp³-hybridized carbons (Fsp3) is 0.440. The maximum Gasteiger partial charge on any atom is 0.264 e. The number of hydrogen-bond acceptors (Lipinski definition) is 4. The summed E-state index contributed by atoms with van der Waals surface area (Å²) in [7, 11) is -3.65. The Morgan fingerprint density at radius 1 is 1.06 bits per heavy atom. The molecule has 0 bridgehead atoms. The lowest BCUT2D eigenvalue weighted by molar-refractivity contribution is 0.0435. The summed E-state index contributed by atoms with van der Waals surface area (Å²) in [5.74, 6) is 0.206. The van der Waals surface area contributed by atoms with Crippen LogP contribution >= 0.6 is 0 Å². The van der Waals surface area contributed by atoms with E-state index in [2.05, 4.69) is 11.0 Å². The molecule has 0 radical (unpaired) electrons. The molecule has 1 fully saturated rings. The number of hydrogen-bond donors (Lipinski definition) is 0. The van der Waals surface area contributed by atoms with Gasteiger partial charge in [0.05, 0.1) is 23.8 Å². The molecule has 0 atom stereocenters. The molecule has 0 aliphatic carbocycles. The molecule has 1 heterocycles. The topological polar surface area (TPSA) is 49.9 Å². The Kier molecular flexibility index (Phi) is 7.92. The van der Waals surface area contributed by atoms with Crippen LogP contribution in [0.2, 0.25) is 0 Å². The van der Waals surface area contributed by atoms with Crippen molar-refractivity contribution in [3.63, 3.8) is 0 Å². The molecule has 0 aromatic heterocycles. The number of morpholine rings is 1. The summed E-state index contributed by atoms with van der Waals surface area (Å²) in [6.07, 6.45) is 4.16. The van der Waals surface area contributed by atoms with Crippen molar-refractivity contribution in [1.82, 2.24) is 4.90 Å². The third-order valence-corrected chi connectivity index (χ3v) is 7.19. The number of ether oxygens (including phenoxy) is 1. The van der Waals surface area contributed by atoms with E-state index in [9.17, 15) is 8.42 Å². The van der Waals surface area contributed by atoms with Crippen LogP contribution in [0.3, 0.4) is 0 Å². The Morgan fingerprint density at radius 3 is 2.35 bits per heavy atom. The Labute approximate surface area is 187 Å². The van der Waals surface area contributed by atoms with Crippen LogP contribution < -0.4 is 4.31 Å². The van der Waals surface area contributed by atoms with Crippen molar-refractivity contribution in [2.24, 2.45) is 5.92 Å². The van der Waals surface area contributed by atoms with Crippen LogP contribution in [0.4, 0.5) is 5.69 Å². The fourth-order valence-electron chi connectivity index (χ4n) is 3.74. The van der Waals surface area contributed by atoms with Gasteiger partial charge in [0.15, 0.2) is 0 Å². The number of rotatable bonds is 8. The monoisotopic (exact) mass is 442 g/mol. The molecule has 0 spiro atoms. The molecule has 3 rings (SSSR count). The van der Waals surface area contributed by atoms with Crippen molar-refractivity contribution in [3.8, 4) is 0 Å². The Bertz CT molecular complexity index is 992. The Hall–Kier alpha value is -2.15. The average Bonchev–Trinajstić information content (AvgIpc) is 2.73. The number of benzene rings is 2. The minimum Gasteiger partial charge on any atom is -0.379 e. The first kappa shape index (κ1) is 23.5. The molecular formula is C25H34N2O3S. The standard InChI is InChI=1S/C25H34N2O3S/c1-20(2)19-27(25-12-7-21(3)18-22(25)4)31(28,29)24-10-8-23(9-11-24)6-5-13-26-14-16-30-17-15-26/h5-12,18,20H,13-17,19H2,1-4H3/b6-5+. The van der Waals surface area contributed by atoms with Crippen LogP contribution in [-0.4, -0.2) is 52.7 Å². The number of anilines is 1. The maximum absolute atomic E-state index is 13.5. The summed E-state index contributed by atoms with van der Waals surface area (Å²) >= 11 is 0. The summed E-state index contributed by atoms with van der Waals surface area (Å²) in [4.78, 5) is 2.66. The van der Waals surface area contributed by atoms with Gasteiger partial charge in [0.25, 0.3) is 10.0 Å². The zero-order chi connectivity index (χ0) is 22.4. The van der Waals surface area contributed by atoms with Crippen molar-refractivity contribution in [2.75, 3.05) is 43.7 Å². The highest BCUT2D eigenvalue weighted by molar-refractivity contribution is 7.92. The predicted molar refractivity (Wildman–Crippen MR) is 128 cm³/mol. The van der Waals surface area contributed by atoms with Crippen molar-refractivity contribution in [1.29, 1.82) is 0 Å². The molecule has 0 N–H and O–H groups in total. The van der Waals surface area contributed by atoms with Gasteiger partial charge in [0, 0.05) is 26.2 Å². The quantitative estimate of drug-likeness (QED) is 0.604. The number of aryl methyl sites for hydroxylation is 2. The highest BCUT2D eigenvalue weighted by atomic mass is 32.2. The van der Waals surface area contributed by atoms with Crippen LogP contribution in [0, 0.1) is 19.8 Å². The van der Waals surface area contributed by atoms with Gasteiger partial charge in [-0.1, -0.05) is 55.8 Å². The van der Waals surface area contributed by atoms with Gasteiger partial charge in [-0.05, 0) is 49.1 Å². The van der Waals surface area contributed by atoms with Gasteiger partial charge in [-0.3, -0.25) is 9.21 Å². The smallest absolute Gasteiger partial charge is 0.264 e. The second-order valence-electron chi connectivity index (χ2n) is 8.60. The van der Waals surface area contributed by atoms with Gasteiger partial charge in [-0.2, -0.15) is 0 Å². The van der Waals surface area contributed by atoms with E-state index in [1.54, 1.807) is 16.4 Å². The molecule has 0 saturated carbocycles. The van der Waals surface area contributed by atoms with Gasteiger partial charge < -0.3 is 4.74 Å². The summed E-state index contributed by atoms with van der Waals surface area (Å²) in [5, 5.41) is 0. The number of sulfonamides is 1. The summed E-state index contributed by atoms with van der Waals surface area (Å²) in [5.41, 5.74) is 3.83. The largest absolute Gasteiger partial charge is 0.379 e. The highest BCUT2D eigenvalue weighted by Crippen LogP contribution is 2.29. The molecule has 1 saturated heterocycles. The van der Waals surface area contributed by atoms with E-state index in [1.807, 2.05) is 64.1 Å². The van der Waals surface area contributed by atoms with Crippen molar-refractivity contribution >= 4 is 21.8 Å². The molecule has 31 heavy (non-hydrogen) atoms. The van der Waals surface area contributed by atoms with Gasteiger partial charge in [-0.15, -0.1) is 0 Å². The molecule has 0 amide bonds. The van der Waals surface area contributed by atoms with E-state index in [0.717, 1.165) is 55.2 Å². The van der Waals surface area contributed by atoms with E-state index in [4.69, 9.17) is 4.74 Å². The zero-order valence-electron chi connectivity index (χ0n) is 19.0. The SMILES string of the molecule is Cc1ccc(N(CC(C)C)S(=O)(=O)c2ccc(/C=C/CN3CCOCC3)cc2)c(C)c1. The van der Waals surface area contributed by atoms with Gasteiger partial charge in [0.2, 0.25) is 0 Å². The minimum absolute atomic E-state index is 0.206. The predicted octanol–water partition coefficient (Wildman–Crippen LogP) is 4.50.